The molecule has 16 heavy (non-hydrogen) atoms. The number of aliphatic carboxylic acids is 1. The van der Waals surface area contributed by atoms with Gasteiger partial charge in [0.05, 0.1) is 6.42 Å². The predicted octanol–water partition coefficient (Wildman–Crippen LogP) is 2.89. The predicted molar refractivity (Wildman–Crippen MR) is 64.2 cm³/mol. The second kappa shape index (κ2) is 7.63. The molecule has 0 saturated carbocycles. The summed E-state index contributed by atoms with van der Waals surface area (Å²) in [6, 6.07) is 0. The molecule has 0 aliphatic rings. The number of carbonyl (C=O) groups excluding carboxylic acids is 1. The molecule has 0 heterocycles. The summed E-state index contributed by atoms with van der Waals surface area (Å²) in [5.74, 6) is -0.985. The number of allylic oxidation sites excluding steroid dienone is 5. The van der Waals surface area contributed by atoms with Crippen LogP contribution in [-0.2, 0) is 9.59 Å². The number of hydrogen-bond acceptors (Lipinski definition) is 2. The summed E-state index contributed by atoms with van der Waals surface area (Å²) < 4.78 is 0. The molecule has 0 aromatic rings. The van der Waals surface area contributed by atoms with Crippen molar-refractivity contribution in [3.8, 4) is 0 Å². The van der Waals surface area contributed by atoms with Gasteiger partial charge in [0.15, 0.2) is 0 Å². The number of hydrogen-bond donors (Lipinski definition) is 1. The molecule has 3 nitrogen and oxygen atoms in total. The van der Waals surface area contributed by atoms with E-state index in [1.165, 1.54) is 0 Å². The fourth-order valence-electron chi connectivity index (χ4n) is 0.965. The molecule has 3 heteroatoms. The van der Waals surface area contributed by atoms with E-state index in [-0.39, 0.29) is 18.6 Å². The summed E-state index contributed by atoms with van der Waals surface area (Å²) in [4.78, 5) is 21.5. The minimum absolute atomic E-state index is 0.0505. The van der Waals surface area contributed by atoms with Crippen LogP contribution in [0.15, 0.2) is 36.0 Å². The Balaban J connectivity index is 4.01. The maximum atomic E-state index is 11.2. The molecule has 0 unspecified atom stereocenters. The SMILES string of the molecule is C=C(C)/C=C\C(C)=C/CC(=O)CCC(=O)O. The molecule has 0 radical (unpaired) electrons. The third-order valence-corrected chi connectivity index (χ3v) is 1.90. The first-order valence-electron chi connectivity index (χ1n) is 5.15. The number of ketones is 1. The summed E-state index contributed by atoms with van der Waals surface area (Å²) >= 11 is 0. The summed E-state index contributed by atoms with van der Waals surface area (Å²) in [5, 5.41) is 8.40. The Hall–Kier alpha value is -1.64. The number of rotatable bonds is 7. The zero-order chi connectivity index (χ0) is 12.6. The highest BCUT2D eigenvalue weighted by atomic mass is 16.4. The van der Waals surface area contributed by atoms with Crippen molar-refractivity contribution in [3.63, 3.8) is 0 Å². The number of carboxylic acids is 1. The van der Waals surface area contributed by atoms with E-state index in [1.54, 1.807) is 6.08 Å². The highest BCUT2D eigenvalue weighted by molar-refractivity contribution is 5.83. The van der Waals surface area contributed by atoms with Gasteiger partial charge >= 0.3 is 5.97 Å². The van der Waals surface area contributed by atoms with E-state index in [2.05, 4.69) is 6.58 Å². The number of Topliss-reactive ketones (excluding diaryl/α,β-unsaturated/α-hetero) is 1. The molecule has 0 aliphatic heterocycles. The Bertz CT molecular complexity index is 335. The van der Waals surface area contributed by atoms with Gasteiger partial charge in [-0.15, -0.1) is 0 Å². The average Bonchev–Trinajstić information content (AvgIpc) is 2.20. The van der Waals surface area contributed by atoms with Crippen LogP contribution in [0.4, 0.5) is 0 Å². The fraction of sp³-hybridized carbons (Fsp3) is 0.385. The molecule has 0 amide bonds. The van der Waals surface area contributed by atoms with Crippen LogP contribution in [0.5, 0.6) is 0 Å². The van der Waals surface area contributed by atoms with Crippen LogP contribution >= 0.6 is 0 Å². The zero-order valence-corrected chi connectivity index (χ0v) is 9.82. The van der Waals surface area contributed by atoms with Gasteiger partial charge in [-0.1, -0.05) is 36.0 Å². The van der Waals surface area contributed by atoms with E-state index >= 15 is 0 Å². The molecule has 0 spiro atoms. The molecular formula is C13H18O3. The molecule has 0 saturated heterocycles. The summed E-state index contributed by atoms with van der Waals surface area (Å²) in [5.41, 5.74) is 1.93. The lowest BCUT2D eigenvalue weighted by Crippen LogP contribution is -2.01. The first-order valence-corrected chi connectivity index (χ1v) is 5.15. The van der Waals surface area contributed by atoms with Crippen molar-refractivity contribution < 1.29 is 14.7 Å². The fourth-order valence-corrected chi connectivity index (χ4v) is 0.965. The Morgan fingerprint density at radius 1 is 1.19 bits per heavy atom. The van der Waals surface area contributed by atoms with Crippen molar-refractivity contribution in [3.05, 3.63) is 36.0 Å². The maximum absolute atomic E-state index is 11.2. The molecule has 1 N–H and O–H groups in total. The van der Waals surface area contributed by atoms with E-state index in [1.807, 2.05) is 26.0 Å². The zero-order valence-electron chi connectivity index (χ0n) is 9.82. The van der Waals surface area contributed by atoms with E-state index in [0.29, 0.717) is 6.42 Å². The molecule has 0 aliphatic carbocycles. The van der Waals surface area contributed by atoms with Gasteiger partial charge in [-0.3, -0.25) is 9.59 Å². The van der Waals surface area contributed by atoms with Crippen LogP contribution in [0, 0.1) is 0 Å². The molecule has 88 valence electrons. The third-order valence-electron chi connectivity index (χ3n) is 1.90. The smallest absolute Gasteiger partial charge is 0.303 e. The summed E-state index contributed by atoms with van der Waals surface area (Å²) in [6.07, 6.45) is 5.85. The average molecular weight is 222 g/mol. The Kier molecular flexibility index (Phi) is 6.84. The quantitative estimate of drug-likeness (QED) is 0.674. The van der Waals surface area contributed by atoms with Crippen LogP contribution in [0.3, 0.4) is 0 Å². The van der Waals surface area contributed by atoms with Crippen molar-refractivity contribution in [2.45, 2.75) is 33.1 Å². The van der Waals surface area contributed by atoms with Gasteiger partial charge in [0, 0.05) is 12.8 Å². The second-order valence-corrected chi connectivity index (χ2v) is 3.76. The maximum Gasteiger partial charge on any atom is 0.303 e. The van der Waals surface area contributed by atoms with E-state index < -0.39 is 5.97 Å². The van der Waals surface area contributed by atoms with Crippen LogP contribution < -0.4 is 0 Å². The minimum Gasteiger partial charge on any atom is -0.481 e. The van der Waals surface area contributed by atoms with E-state index in [4.69, 9.17) is 5.11 Å². The van der Waals surface area contributed by atoms with Crippen molar-refractivity contribution in [2.75, 3.05) is 0 Å². The summed E-state index contributed by atoms with van der Waals surface area (Å²) in [6.45, 7) is 7.51. The van der Waals surface area contributed by atoms with Crippen molar-refractivity contribution >= 4 is 11.8 Å². The van der Waals surface area contributed by atoms with Crippen LogP contribution in [0.25, 0.3) is 0 Å². The van der Waals surface area contributed by atoms with Crippen molar-refractivity contribution in [1.82, 2.24) is 0 Å². The van der Waals surface area contributed by atoms with Gasteiger partial charge in [0.2, 0.25) is 0 Å². The van der Waals surface area contributed by atoms with Gasteiger partial charge in [0.1, 0.15) is 5.78 Å². The molecule has 0 fully saturated rings. The first kappa shape index (κ1) is 14.4. The first-order chi connectivity index (χ1) is 7.41. The van der Waals surface area contributed by atoms with Gasteiger partial charge < -0.3 is 5.11 Å². The highest BCUT2D eigenvalue weighted by Gasteiger charge is 2.03. The largest absolute Gasteiger partial charge is 0.481 e. The van der Waals surface area contributed by atoms with Gasteiger partial charge in [-0.2, -0.15) is 0 Å². The van der Waals surface area contributed by atoms with Gasteiger partial charge in [-0.25, -0.2) is 0 Å². The third kappa shape index (κ3) is 8.94. The Labute approximate surface area is 96.2 Å². The van der Waals surface area contributed by atoms with Crippen molar-refractivity contribution in [1.29, 1.82) is 0 Å². The summed E-state index contributed by atoms with van der Waals surface area (Å²) in [7, 11) is 0. The number of carbonyl (C=O) groups is 2. The lowest BCUT2D eigenvalue weighted by molar-refractivity contribution is -0.138. The van der Waals surface area contributed by atoms with Crippen LogP contribution in [-0.4, -0.2) is 16.9 Å². The monoisotopic (exact) mass is 222 g/mol. The standard InChI is InChI=1S/C13H18O3/c1-10(2)4-5-11(3)6-7-12(14)8-9-13(15)16/h4-6H,1,7-9H2,2-3H3,(H,15,16)/b5-4-,11-6-. The van der Waals surface area contributed by atoms with E-state index in [0.717, 1.165) is 11.1 Å². The lowest BCUT2D eigenvalue weighted by atomic mass is 10.1. The highest BCUT2D eigenvalue weighted by Crippen LogP contribution is 2.03. The molecule has 0 aromatic heterocycles. The van der Waals surface area contributed by atoms with Crippen molar-refractivity contribution in [2.24, 2.45) is 0 Å². The van der Waals surface area contributed by atoms with E-state index in [9.17, 15) is 9.59 Å². The number of carboxylic acid groups (broad SMARTS) is 1. The van der Waals surface area contributed by atoms with Crippen LogP contribution in [0.2, 0.25) is 0 Å². The van der Waals surface area contributed by atoms with Gasteiger partial charge in [-0.05, 0) is 13.8 Å². The molecule has 0 bridgehead atoms. The van der Waals surface area contributed by atoms with Crippen LogP contribution in [0.1, 0.15) is 33.1 Å². The normalized spacial score (nSPS) is 11.8. The molecular weight excluding hydrogens is 204 g/mol. The molecule has 0 aromatic carbocycles. The molecule has 0 atom stereocenters. The Morgan fingerprint density at radius 2 is 1.81 bits per heavy atom. The topological polar surface area (TPSA) is 54.4 Å². The van der Waals surface area contributed by atoms with Gasteiger partial charge in [0.25, 0.3) is 0 Å². The Morgan fingerprint density at radius 3 is 2.31 bits per heavy atom. The molecule has 0 rings (SSSR count). The minimum atomic E-state index is -0.934. The second-order valence-electron chi connectivity index (χ2n) is 3.76. The lowest BCUT2D eigenvalue weighted by Gasteiger charge is -1.95.